The fourth-order valence-electron chi connectivity index (χ4n) is 1.17. The van der Waals surface area contributed by atoms with Gasteiger partial charge in [-0.25, -0.2) is 0 Å². The van der Waals surface area contributed by atoms with Crippen molar-refractivity contribution in [3.8, 4) is 0 Å². The molecule has 0 aromatic carbocycles. The summed E-state index contributed by atoms with van der Waals surface area (Å²) < 4.78 is 0. The number of carbonyl (C=O) groups is 1. The van der Waals surface area contributed by atoms with Crippen LogP contribution in [0.5, 0.6) is 0 Å². The van der Waals surface area contributed by atoms with E-state index in [1.54, 1.807) is 0 Å². The van der Waals surface area contributed by atoms with Gasteiger partial charge in [-0.3, -0.25) is 4.79 Å². The van der Waals surface area contributed by atoms with Crippen molar-refractivity contribution in [3.63, 3.8) is 0 Å². The van der Waals surface area contributed by atoms with Crippen molar-refractivity contribution in [3.05, 3.63) is 0 Å². The third-order valence-electron chi connectivity index (χ3n) is 2.12. The maximum Gasteiger partial charge on any atom is 0.233 e. The fourth-order valence-corrected chi connectivity index (χ4v) is 1.17. The Kier molecular flexibility index (Phi) is 9.52. The summed E-state index contributed by atoms with van der Waals surface area (Å²) in [5.74, 6) is 0.102. The zero-order valence-electron chi connectivity index (χ0n) is 10.3. The van der Waals surface area contributed by atoms with Crippen LogP contribution in [0.15, 0.2) is 0 Å². The van der Waals surface area contributed by atoms with Gasteiger partial charge < -0.3 is 15.5 Å². The third kappa shape index (κ3) is 11.3. The van der Waals surface area contributed by atoms with Crippen molar-refractivity contribution in [1.29, 1.82) is 0 Å². The summed E-state index contributed by atoms with van der Waals surface area (Å²) >= 11 is 0. The number of nitrogens with zero attached hydrogens (tertiary/aromatic N) is 1. The van der Waals surface area contributed by atoms with Crippen LogP contribution in [-0.4, -0.2) is 51.1 Å². The molecule has 4 heteroatoms. The normalized spacial score (nSPS) is 10.7. The number of hydrogen-bond acceptors (Lipinski definition) is 3. The molecule has 15 heavy (non-hydrogen) atoms. The molecule has 90 valence electrons. The second-order valence-corrected chi connectivity index (χ2v) is 4.04. The lowest BCUT2D eigenvalue weighted by Gasteiger charge is -2.10. The van der Waals surface area contributed by atoms with Crippen LogP contribution in [-0.2, 0) is 4.79 Å². The molecule has 0 aliphatic carbocycles. The summed E-state index contributed by atoms with van der Waals surface area (Å²) in [6.07, 6.45) is 3.46. The van der Waals surface area contributed by atoms with E-state index in [9.17, 15) is 4.79 Å². The van der Waals surface area contributed by atoms with Crippen molar-refractivity contribution >= 4 is 5.91 Å². The minimum Gasteiger partial charge on any atom is -0.355 e. The molecule has 0 heterocycles. The molecular formula is C11H25N3O. The number of amides is 1. The van der Waals surface area contributed by atoms with Gasteiger partial charge in [-0.1, -0.05) is 19.8 Å². The van der Waals surface area contributed by atoms with Crippen molar-refractivity contribution in [1.82, 2.24) is 15.5 Å². The van der Waals surface area contributed by atoms with Crippen molar-refractivity contribution in [2.24, 2.45) is 0 Å². The quantitative estimate of drug-likeness (QED) is 0.549. The second kappa shape index (κ2) is 9.93. The first kappa shape index (κ1) is 14.4. The monoisotopic (exact) mass is 215 g/mol. The highest BCUT2D eigenvalue weighted by Crippen LogP contribution is 1.90. The van der Waals surface area contributed by atoms with Gasteiger partial charge in [0.25, 0.3) is 0 Å². The first-order chi connectivity index (χ1) is 7.16. The predicted molar refractivity (Wildman–Crippen MR) is 64.0 cm³/mol. The standard InChI is InChI=1S/C11H25N3O/c1-4-5-6-7-13-11(15)10-12-8-9-14(2)3/h12H,4-10H2,1-3H3,(H,13,15). The van der Waals surface area contributed by atoms with Crippen molar-refractivity contribution < 1.29 is 4.79 Å². The first-order valence-electron chi connectivity index (χ1n) is 5.79. The summed E-state index contributed by atoms with van der Waals surface area (Å²) in [5.41, 5.74) is 0. The van der Waals surface area contributed by atoms with Crippen LogP contribution in [0.4, 0.5) is 0 Å². The molecular weight excluding hydrogens is 190 g/mol. The number of nitrogens with one attached hydrogen (secondary N) is 2. The van der Waals surface area contributed by atoms with Crippen molar-refractivity contribution in [2.75, 3.05) is 40.3 Å². The highest BCUT2D eigenvalue weighted by Gasteiger charge is 1.98. The van der Waals surface area contributed by atoms with Gasteiger partial charge in [0.15, 0.2) is 0 Å². The Labute approximate surface area is 93.4 Å². The molecule has 0 aromatic rings. The van der Waals surface area contributed by atoms with E-state index in [0.29, 0.717) is 6.54 Å². The highest BCUT2D eigenvalue weighted by molar-refractivity contribution is 5.77. The average Bonchev–Trinajstić information content (AvgIpc) is 2.19. The van der Waals surface area contributed by atoms with Crippen LogP contribution in [0.25, 0.3) is 0 Å². The zero-order valence-corrected chi connectivity index (χ0v) is 10.3. The first-order valence-corrected chi connectivity index (χ1v) is 5.79. The molecule has 0 atom stereocenters. The Bertz CT molecular complexity index is 160. The molecule has 0 bridgehead atoms. The Hall–Kier alpha value is -0.610. The maximum absolute atomic E-state index is 11.3. The summed E-state index contributed by atoms with van der Waals surface area (Å²) in [5, 5.41) is 5.99. The van der Waals surface area contributed by atoms with E-state index >= 15 is 0 Å². The van der Waals surface area contributed by atoms with Crippen LogP contribution >= 0.6 is 0 Å². The SMILES string of the molecule is CCCCCNC(=O)CNCCN(C)C. The van der Waals surface area contributed by atoms with E-state index in [1.807, 2.05) is 14.1 Å². The Morgan fingerprint density at radius 2 is 1.93 bits per heavy atom. The largest absolute Gasteiger partial charge is 0.355 e. The lowest BCUT2D eigenvalue weighted by Crippen LogP contribution is -2.37. The summed E-state index contributed by atoms with van der Waals surface area (Å²) in [6, 6.07) is 0. The Balaban J connectivity index is 3.19. The molecule has 0 radical (unpaired) electrons. The minimum atomic E-state index is 0.102. The van der Waals surface area contributed by atoms with E-state index in [4.69, 9.17) is 0 Å². The molecule has 0 saturated carbocycles. The van der Waals surface area contributed by atoms with E-state index in [2.05, 4.69) is 22.5 Å². The molecule has 0 aliphatic rings. The summed E-state index contributed by atoms with van der Waals surface area (Å²) in [6.45, 7) is 5.21. The molecule has 0 fully saturated rings. The highest BCUT2D eigenvalue weighted by atomic mass is 16.1. The summed E-state index contributed by atoms with van der Waals surface area (Å²) in [7, 11) is 4.04. The van der Waals surface area contributed by atoms with Gasteiger partial charge in [0, 0.05) is 19.6 Å². The minimum absolute atomic E-state index is 0.102. The van der Waals surface area contributed by atoms with Crippen LogP contribution in [0, 0.1) is 0 Å². The molecule has 0 spiro atoms. The van der Waals surface area contributed by atoms with Crippen LogP contribution in [0.1, 0.15) is 26.2 Å². The predicted octanol–water partition coefficient (Wildman–Crippen LogP) is 0.444. The van der Waals surface area contributed by atoms with Gasteiger partial charge in [0.1, 0.15) is 0 Å². The van der Waals surface area contributed by atoms with Crippen molar-refractivity contribution in [2.45, 2.75) is 26.2 Å². The lowest BCUT2D eigenvalue weighted by molar-refractivity contribution is -0.120. The van der Waals surface area contributed by atoms with E-state index < -0.39 is 0 Å². The van der Waals surface area contributed by atoms with E-state index in [1.165, 1.54) is 12.8 Å². The van der Waals surface area contributed by atoms with Gasteiger partial charge in [0.05, 0.1) is 6.54 Å². The number of likely N-dealkylation sites (N-methyl/N-ethyl adjacent to an activating group) is 1. The van der Waals surface area contributed by atoms with Crippen LogP contribution < -0.4 is 10.6 Å². The van der Waals surface area contributed by atoms with Gasteiger partial charge in [-0.15, -0.1) is 0 Å². The number of rotatable bonds is 9. The molecule has 2 N–H and O–H groups in total. The molecule has 0 aromatic heterocycles. The second-order valence-electron chi connectivity index (χ2n) is 4.04. The third-order valence-corrected chi connectivity index (χ3v) is 2.12. The van der Waals surface area contributed by atoms with E-state index in [-0.39, 0.29) is 5.91 Å². The van der Waals surface area contributed by atoms with Gasteiger partial charge in [-0.2, -0.15) is 0 Å². The van der Waals surface area contributed by atoms with E-state index in [0.717, 1.165) is 26.1 Å². The molecule has 4 nitrogen and oxygen atoms in total. The Morgan fingerprint density at radius 3 is 2.53 bits per heavy atom. The number of carbonyl (C=O) groups excluding carboxylic acids is 1. The molecule has 0 unspecified atom stereocenters. The molecule has 1 amide bonds. The van der Waals surface area contributed by atoms with Gasteiger partial charge in [0.2, 0.25) is 5.91 Å². The van der Waals surface area contributed by atoms with Gasteiger partial charge >= 0.3 is 0 Å². The molecule has 0 saturated heterocycles. The lowest BCUT2D eigenvalue weighted by atomic mass is 10.2. The molecule has 0 aliphatic heterocycles. The van der Waals surface area contributed by atoms with Crippen LogP contribution in [0.3, 0.4) is 0 Å². The topological polar surface area (TPSA) is 44.4 Å². The van der Waals surface area contributed by atoms with Crippen LogP contribution in [0.2, 0.25) is 0 Å². The maximum atomic E-state index is 11.3. The number of hydrogen-bond donors (Lipinski definition) is 2. The zero-order chi connectivity index (χ0) is 11.5. The fraction of sp³-hybridized carbons (Fsp3) is 0.909. The smallest absolute Gasteiger partial charge is 0.233 e. The molecule has 0 rings (SSSR count). The number of unbranched alkanes of at least 4 members (excludes halogenated alkanes) is 2. The summed E-state index contributed by atoms with van der Waals surface area (Å²) in [4.78, 5) is 13.4. The average molecular weight is 215 g/mol. The van der Waals surface area contributed by atoms with Gasteiger partial charge in [-0.05, 0) is 20.5 Å². The Morgan fingerprint density at radius 1 is 1.20 bits per heavy atom.